The number of nitriles is 1. The molecule has 1 aromatic heterocycles. The molecule has 0 unspecified atom stereocenters. The standard InChI is InChI=1S/C12H9IN2S/c13-9-1-3-10(4-2-9)15-8-12-6-5-11(7-14)16-12/h1-6,15H,8H2. The second-order valence-electron chi connectivity index (χ2n) is 3.24. The number of nitrogens with zero attached hydrogens (tertiary/aromatic N) is 1. The van der Waals surface area contributed by atoms with Crippen molar-refractivity contribution in [3.8, 4) is 6.07 Å². The van der Waals surface area contributed by atoms with Crippen LogP contribution in [0.25, 0.3) is 0 Å². The van der Waals surface area contributed by atoms with Crippen LogP contribution in [-0.4, -0.2) is 0 Å². The molecule has 0 aliphatic heterocycles. The Balaban J connectivity index is 1.97. The molecule has 0 saturated heterocycles. The molecule has 0 spiro atoms. The fourth-order valence-corrected chi connectivity index (χ4v) is 2.39. The highest BCUT2D eigenvalue weighted by Crippen LogP contribution is 2.17. The number of halogens is 1. The second kappa shape index (κ2) is 5.32. The Morgan fingerprint density at radius 3 is 2.56 bits per heavy atom. The molecule has 0 amide bonds. The van der Waals surface area contributed by atoms with E-state index in [4.69, 9.17) is 5.26 Å². The average molecular weight is 340 g/mol. The van der Waals surface area contributed by atoms with Crippen LogP contribution in [0.2, 0.25) is 0 Å². The van der Waals surface area contributed by atoms with E-state index < -0.39 is 0 Å². The lowest BCUT2D eigenvalue weighted by atomic mass is 10.3. The van der Waals surface area contributed by atoms with Crippen LogP contribution in [0.15, 0.2) is 36.4 Å². The number of thiophene rings is 1. The molecule has 0 bridgehead atoms. The van der Waals surface area contributed by atoms with Gasteiger partial charge in [-0.2, -0.15) is 5.26 Å². The van der Waals surface area contributed by atoms with Crippen molar-refractivity contribution in [2.75, 3.05) is 5.32 Å². The van der Waals surface area contributed by atoms with Crippen molar-refractivity contribution < 1.29 is 0 Å². The van der Waals surface area contributed by atoms with Crippen LogP contribution in [0.3, 0.4) is 0 Å². The maximum Gasteiger partial charge on any atom is 0.110 e. The minimum Gasteiger partial charge on any atom is -0.380 e. The normalized spacial score (nSPS) is 9.75. The molecule has 0 saturated carbocycles. The second-order valence-corrected chi connectivity index (χ2v) is 5.65. The molecular weight excluding hydrogens is 331 g/mol. The maximum absolute atomic E-state index is 8.71. The van der Waals surface area contributed by atoms with Crippen LogP contribution in [0.4, 0.5) is 5.69 Å². The lowest BCUT2D eigenvalue weighted by Gasteiger charge is -2.04. The van der Waals surface area contributed by atoms with E-state index in [-0.39, 0.29) is 0 Å². The first-order chi connectivity index (χ1) is 7.78. The zero-order valence-electron chi connectivity index (χ0n) is 8.40. The molecule has 16 heavy (non-hydrogen) atoms. The van der Waals surface area contributed by atoms with Gasteiger partial charge in [0.15, 0.2) is 0 Å². The maximum atomic E-state index is 8.71. The molecule has 0 fully saturated rings. The molecule has 0 atom stereocenters. The number of hydrogen-bond donors (Lipinski definition) is 1. The van der Waals surface area contributed by atoms with Crippen LogP contribution >= 0.6 is 33.9 Å². The summed E-state index contributed by atoms with van der Waals surface area (Å²) in [5.41, 5.74) is 1.10. The highest BCUT2D eigenvalue weighted by atomic mass is 127. The third-order valence-corrected chi connectivity index (χ3v) is 3.79. The van der Waals surface area contributed by atoms with Gasteiger partial charge in [-0.1, -0.05) is 0 Å². The van der Waals surface area contributed by atoms with Crippen LogP contribution in [0.5, 0.6) is 0 Å². The molecule has 4 heteroatoms. The molecule has 1 heterocycles. The Morgan fingerprint density at radius 2 is 1.94 bits per heavy atom. The molecule has 80 valence electrons. The van der Waals surface area contributed by atoms with Gasteiger partial charge in [0.1, 0.15) is 10.9 Å². The van der Waals surface area contributed by atoms with Crippen LogP contribution in [-0.2, 0) is 6.54 Å². The van der Waals surface area contributed by atoms with E-state index in [0.29, 0.717) is 0 Å². The third-order valence-electron chi connectivity index (χ3n) is 2.08. The Hall–Kier alpha value is -1.06. The zero-order chi connectivity index (χ0) is 11.4. The highest BCUT2D eigenvalue weighted by Gasteiger charge is 1.99. The Kier molecular flexibility index (Phi) is 3.80. The monoisotopic (exact) mass is 340 g/mol. The number of benzene rings is 1. The van der Waals surface area contributed by atoms with Gasteiger partial charge in [0.25, 0.3) is 0 Å². The Labute approximate surface area is 112 Å². The van der Waals surface area contributed by atoms with E-state index in [9.17, 15) is 0 Å². The SMILES string of the molecule is N#Cc1ccc(CNc2ccc(I)cc2)s1. The molecule has 0 aliphatic carbocycles. The molecule has 2 aromatic rings. The minimum atomic E-state index is 0.763. The fraction of sp³-hybridized carbons (Fsp3) is 0.0833. The van der Waals surface area contributed by atoms with E-state index in [1.165, 1.54) is 19.8 Å². The van der Waals surface area contributed by atoms with Gasteiger partial charge in [-0.05, 0) is 59.0 Å². The van der Waals surface area contributed by atoms with Gasteiger partial charge >= 0.3 is 0 Å². The molecule has 0 aliphatic rings. The first-order valence-electron chi connectivity index (χ1n) is 4.76. The van der Waals surface area contributed by atoms with Gasteiger partial charge in [0.05, 0.1) is 0 Å². The number of anilines is 1. The summed E-state index contributed by atoms with van der Waals surface area (Å²) in [6, 6.07) is 14.2. The average Bonchev–Trinajstić information content (AvgIpc) is 2.76. The smallest absolute Gasteiger partial charge is 0.110 e. The van der Waals surface area contributed by atoms with Crippen LogP contribution in [0.1, 0.15) is 9.75 Å². The lowest BCUT2D eigenvalue weighted by Crippen LogP contribution is -1.96. The number of rotatable bonds is 3. The fourth-order valence-electron chi connectivity index (χ4n) is 1.29. The van der Waals surface area contributed by atoms with E-state index >= 15 is 0 Å². The highest BCUT2D eigenvalue weighted by molar-refractivity contribution is 14.1. The topological polar surface area (TPSA) is 35.8 Å². The van der Waals surface area contributed by atoms with Gasteiger partial charge in [0.2, 0.25) is 0 Å². The van der Waals surface area contributed by atoms with Crippen molar-refractivity contribution in [3.05, 3.63) is 49.7 Å². The van der Waals surface area contributed by atoms with E-state index in [2.05, 4.69) is 58.2 Å². The first-order valence-corrected chi connectivity index (χ1v) is 6.66. The van der Waals surface area contributed by atoms with E-state index in [1.807, 2.05) is 12.1 Å². The number of nitrogens with one attached hydrogen (secondary N) is 1. The summed E-state index contributed by atoms with van der Waals surface area (Å²) >= 11 is 3.81. The minimum absolute atomic E-state index is 0.763. The molecule has 2 nitrogen and oxygen atoms in total. The quantitative estimate of drug-likeness (QED) is 0.862. The zero-order valence-corrected chi connectivity index (χ0v) is 11.4. The number of hydrogen-bond acceptors (Lipinski definition) is 3. The van der Waals surface area contributed by atoms with Gasteiger partial charge < -0.3 is 5.32 Å². The van der Waals surface area contributed by atoms with Gasteiger partial charge in [-0.3, -0.25) is 0 Å². The molecule has 1 aromatic carbocycles. The van der Waals surface area contributed by atoms with Crippen LogP contribution in [0, 0.1) is 14.9 Å². The summed E-state index contributed by atoms with van der Waals surface area (Å²) in [7, 11) is 0. The summed E-state index contributed by atoms with van der Waals surface area (Å²) in [5.74, 6) is 0. The van der Waals surface area contributed by atoms with Gasteiger partial charge in [-0.15, -0.1) is 11.3 Å². The van der Waals surface area contributed by atoms with Crippen molar-refractivity contribution >= 4 is 39.6 Å². The molecular formula is C12H9IN2S. The van der Waals surface area contributed by atoms with Crippen molar-refractivity contribution in [1.82, 2.24) is 0 Å². The van der Waals surface area contributed by atoms with Crippen LogP contribution < -0.4 is 5.32 Å². The van der Waals surface area contributed by atoms with Gasteiger partial charge in [0, 0.05) is 20.7 Å². The van der Waals surface area contributed by atoms with Crippen molar-refractivity contribution in [2.24, 2.45) is 0 Å². The van der Waals surface area contributed by atoms with E-state index in [0.717, 1.165) is 17.1 Å². The van der Waals surface area contributed by atoms with Gasteiger partial charge in [-0.25, -0.2) is 0 Å². The lowest BCUT2D eigenvalue weighted by molar-refractivity contribution is 1.19. The summed E-state index contributed by atoms with van der Waals surface area (Å²) in [4.78, 5) is 1.94. The Bertz CT molecular complexity index is 511. The largest absolute Gasteiger partial charge is 0.380 e. The molecule has 1 N–H and O–H groups in total. The summed E-state index contributed by atoms with van der Waals surface area (Å²) in [6.45, 7) is 0.771. The van der Waals surface area contributed by atoms with Crippen molar-refractivity contribution in [3.63, 3.8) is 0 Å². The predicted molar refractivity (Wildman–Crippen MR) is 75.5 cm³/mol. The summed E-state index contributed by atoms with van der Waals surface area (Å²) in [6.07, 6.45) is 0. The van der Waals surface area contributed by atoms with Crippen molar-refractivity contribution in [2.45, 2.75) is 6.54 Å². The Morgan fingerprint density at radius 1 is 1.19 bits per heavy atom. The summed E-state index contributed by atoms with van der Waals surface area (Å²) < 4.78 is 1.23. The molecule has 2 rings (SSSR count). The molecule has 0 radical (unpaired) electrons. The summed E-state index contributed by atoms with van der Waals surface area (Å²) in [5, 5.41) is 12.0. The predicted octanol–water partition coefficient (Wildman–Crippen LogP) is 3.84. The van der Waals surface area contributed by atoms with Crippen molar-refractivity contribution in [1.29, 1.82) is 5.26 Å². The van der Waals surface area contributed by atoms with E-state index in [1.54, 1.807) is 0 Å². The first kappa shape index (κ1) is 11.4. The third kappa shape index (κ3) is 2.97.